The Morgan fingerprint density at radius 1 is 1.40 bits per heavy atom. The number of carbonyl (C=O) groups excluding carboxylic acids is 1. The average molecular weight is 280 g/mol. The molecule has 0 bridgehead atoms. The highest BCUT2D eigenvalue weighted by atomic mass is 19.1. The molecule has 1 aromatic carbocycles. The van der Waals surface area contributed by atoms with Crippen molar-refractivity contribution in [3.63, 3.8) is 0 Å². The number of rotatable bonds is 5. The molecule has 1 aliphatic heterocycles. The van der Waals surface area contributed by atoms with Crippen molar-refractivity contribution in [2.45, 2.75) is 25.7 Å². The van der Waals surface area contributed by atoms with E-state index in [9.17, 15) is 19.3 Å². The van der Waals surface area contributed by atoms with E-state index in [-0.39, 0.29) is 5.69 Å². The van der Waals surface area contributed by atoms with Gasteiger partial charge in [0.15, 0.2) is 5.82 Å². The number of nitrogens with zero attached hydrogens (tertiary/aromatic N) is 2. The van der Waals surface area contributed by atoms with Gasteiger partial charge < -0.3 is 9.69 Å². The van der Waals surface area contributed by atoms with Crippen molar-refractivity contribution >= 4 is 17.7 Å². The average Bonchev–Trinajstić information content (AvgIpc) is 2.45. The fourth-order valence-electron chi connectivity index (χ4n) is 2.63. The lowest BCUT2D eigenvalue weighted by molar-refractivity contribution is -0.385. The molecule has 0 radical (unpaired) electrons. The van der Waals surface area contributed by atoms with Gasteiger partial charge in [-0.05, 0) is 31.2 Å². The van der Waals surface area contributed by atoms with E-state index in [1.807, 2.05) is 4.90 Å². The molecule has 0 spiro atoms. The number of carbonyl (C=O) groups is 1. The van der Waals surface area contributed by atoms with E-state index in [0.717, 1.165) is 44.7 Å². The zero-order valence-corrected chi connectivity index (χ0v) is 11.1. The molecule has 20 heavy (non-hydrogen) atoms. The second-order valence-electron chi connectivity index (χ2n) is 5.07. The number of non-ortho nitro benzene ring substituents is 1. The second-order valence-corrected chi connectivity index (χ2v) is 5.07. The van der Waals surface area contributed by atoms with Crippen LogP contribution in [0.15, 0.2) is 18.2 Å². The van der Waals surface area contributed by atoms with Gasteiger partial charge in [-0.25, -0.2) is 4.39 Å². The second kappa shape index (κ2) is 6.45. The number of anilines is 1. The highest BCUT2D eigenvalue weighted by Gasteiger charge is 2.22. The molecule has 1 aromatic rings. The van der Waals surface area contributed by atoms with Crippen LogP contribution < -0.4 is 4.90 Å². The molecule has 0 saturated carbocycles. The van der Waals surface area contributed by atoms with Crippen LogP contribution in [0.5, 0.6) is 0 Å². The first-order valence-corrected chi connectivity index (χ1v) is 6.74. The molecule has 2 rings (SSSR count). The number of hydrogen-bond donors (Lipinski definition) is 0. The predicted octanol–water partition coefficient (Wildman–Crippen LogP) is 2.93. The zero-order chi connectivity index (χ0) is 14.5. The van der Waals surface area contributed by atoms with Gasteiger partial charge >= 0.3 is 0 Å². The summed E-state index contributed by atoms with van der Waals surface area (Å²) < 4.78 is 13.9. The van der Waals surface area contributed by atoms with Crippen LogP contribution in [-0.4, -0.2) is 24.3 Å². The van der Waals surface area contributed by atoms with Gasteiger partial charge in [-0.3, -0.25) is 10.1 Å². The van der Waals surface area contributed by atoms with Gasteiger partial charge in [-0.2, -0.15) is 0 Å². The van der Waals surface area contributed by atoms with Crippen LogP contribution in [0.1, 0.15) is 25.7 Å². The molecule has 6 heteroatoms. The number of benzene rings is 1. The third kappa shape index (κ3) is 3.31. The van der Waals surface area contributed by atoms with Crippen LogP contribution in [0.4, 0.5) is 15.8 Å². The monoisotopic (exact) mass is 280 g/mol. The molecular formula is C14H17FN2O3. The minimum Gasteiger partial charge on any atom is -0.369 e. The zero-order valence-electron chi connectivity index (χ0n) is 11.1. The van der Waals surface area contributed by atoms with Crippen molar-refractivity contribution in [1.29, 1.82) is 0 Å². The first-order chi connectivity index (χ1) is 9.61. The summed E-state index contributed by atoms with van der Waals surface area (Å²) in [6, 6.07) is 3.77. The molecule has 5 nitrogen and oxygen atoms in total. The topological polar surface area (TPSA) is 63.5 Å². The van der Waals surface area contributed by atoms with E-state index in [1.54, 1.807) is 0 Å². The molecule has 1 aliphatic rings. The van der Waals surface area contributed by atoms with Gasteiger partial charge in [0.25, 0.3) is 5.69 Å². The van der Waals surface area contributed by atoms with Crippen molar-refractivity contribution in [2.24, 2.45) is 5.92 Å². The summed E-state index contributed by atoms with van der Waals surface area (Å²) in [5, 5.41) is 10.6. The Bertz CT molecular complexity index is 499. The normalized spacial score (nSPS) is 16.1. The highest BCUT2D eigenvalue weighted by Crippen LogP contribution is 2.29. The van der Waals surface area contributed by atoms with Gasteiger partial charge in [0.05, 0.1) is 16.7 Å². The summed E-state index contributed by atoms with van der Waals surface area (Å²) in [6.07, 6.45) is 4.24. The molecule has 1 heterocycles. The molecule has 0 aromatic heterocycles. The first kappa shape index (κ1) is 14.4. The summed E-state index contributed by atoms with van der Waals surface area (Å²) >= 11 is 0. The van der Waals surface area contributed by atoms with E-state index >= 15 is 0 Å². The Kier molecular flexibility index (Phi) is 4.65. The minimum absolute atomic E-state index is 0.230. The van der Waals surface area contributed by atoms with Crippen LogP contribution in [-0.2, 0) is 4.79 Å². The smallest absolute Gasteiger partial charge is 0.272 e. The standard InChI is InChI=1S/C14H17FN2O3/c15-13-10-12(17(19)20)3-4-14(13)16-7-5-11(6-8-16)2-1-9-18/h3-4,9-11H,1-2,5-8H2. The van der Waals surface area contributed by atoms with E-state index < -0.39 is 10.7 Å². The third-order valence-electron chi connectivity index (χ3n) is 3.79. The first-order valence-electron chi connectivity index (χ1n) is 6.74. The number of hydrogen-bond acceptors (Lipinski definition) is 4. The predicted molar refractivity (Wildman–Crippen MR) is 73.3 cm³/mol. The molecule has 0 atom stereocenters. The minimum atomic E-state index is -0.599. The van der Waals surface area contributed by atoms with Crippen molar-refractivity contribution in [2.75, 3.05) is 18.0 Å². The summed E-state index contributed by atoms with van der Waals surface area (Å²) in [5.41, 5.74) is 0.191. The van der Waals surface area contributed by atoms with E-state index in [4.69, 9.17) is 0 Å². The number of piperidine rings is 1. The van der Waals surface area contributed by atoms with Gasteiger partial charge in [-0.15, -0.1) is 0 Å². The van der Waals surface area contributed by atoms with E-state index in [0.29, 0.717) is 18.0 Å². The Hall–Kier alpha value is -1.98. The Morgan fingerprint density at radius 3 is 2.65 bits per heavy atom. The molecule has 0 unspecified atom stereocenters. The number of aldehydes is 1. The fourth-order valence-corrected chi connectivity index (χ4v) is 2.63. The molecule has 108 valence electrons. The maximum Gasteiger partial charge on any atom is 0.272 e. The number of halogens is 1. The molecule has 0 amide bonds. The van der Waals surface area contributed by atoms with Crippen molar-refractivity contribution < 1.29 is 14.1 Å². The van der Waals surface area contributed by atoms with E-state index in [1.165, 1.54) is 12.1 Å². The molecule has 1 fully saturated rings. The van der Waals surface area contributed by atoms with Crippen LogP contribution in [0, 0.1) is 21.8 Å². The van der Waals surface area contributed by atoms with Crippen molar-refractivity contribution in [3.05, 3.63) is 34.1 Å². The lowest BCUT2D eigenvalue weighted by Gasteiger charge is -2.33. The quantitative estimate of drug-likeness (QED) is 0.472. The van der Waals surface area contributed by atoms with Crippen LogP contribution in [0.2, 0.25) is 0 Å². The van der Waals surface area contributed by atoms with E-state index in [2.05, 4.69) is 0 Å². The van der Waals surface area contributed by atoms with Gasteiger partial charge in [-0.1, -0.05) is 0 Å². The summed E-state index contributed by atoms with van der Waals surface area (Å²) in [7, 11) is 0. The van der Waals surface area contributed by atoms with Crippen molar-refractivity contribution in [1.82, 2.24) is 0 Å². The van der Waals surface area contributed by atoms with Crippen LogP contribution in [0.25, 0.3) is 0 Å². The fraction of sp³-hybridized carbons (Fsp3) is 0.500. The third-order valence-corrected chi connectivity index (χ3v) is 3.79. The van der Waals surface area contributed by atoms with Gasteiger partial charge in [0.1, 0.15) is 6.29 Å². The molecule has 1 saturated heterocycles. The summed E-state index contributed by atoms with van der Waals surface area (Å²) in [6.45, 7) is 1.44. The largest absolute Gasteiger partial charge is 0.369 e. The maximum absolute atomic E-state index is 13.9. The van der Waals surface area contributed by atoms with Crippen LogP contribution in [0.3, 0.4) is 0 Å². The Labute approximate surface area is 116 Å². The summed E-state index contributed by atoms with van der Waals surface area (Å²) in [5.74, 6) is -0.0388. The van der Waals surface area contributed by atoms with Crippen molar-refractivity contribution in [3.8, 4) is 0 Å². The SMILES string of the molecule is O=CCCC1CCN(c2ccc([N+](=O)[O-])cc2F)CC1. The van der Waals surface area contributed by atoms with Gasteiger partial charge in [0.2, 0.25) is 0 Å². The van der Waals surface area contributed by atoms with Gasteiger partial charge in [0, 0.05) is 25.6 Å². The Morgan fingerprint density at radius 2 is 2.10 bits per heavy atom. The maximum atomic E-state index is 13.9. The number of nitro benzene ring substituents is 1. The lowest BCUT2D eigenvalue weighted by atomic mass is 9.92. The van der Waals surface area contributed by atoms with Crippen LogP contribution >= 0.6 is 0 Å². The molecule has 0 aliphatic carbocycles. The molecule has 0 N–H and O–H groups in total. The highest BCUT2D eigenvalue weighted by molar-refractivity contribution is 5.52. The summed E-state index contributed by atoms with van der Waals surface area (Å²) in [4.78, 5) is 22.2. The Balaban J connectivity index is 2.00. The lowest BCUT2D eigenvalue weighted by Crippen LogP contribution is -2.34. The number of nitro groups is 1. The molecular weight excluding hydrogens is 263 g/mol.